The summed E-state index contributed by atoms with van der Waals surface area (Å²) in [5, 5.41) is 0. The lowest BCUT2D eigenvalue weighted by Gasteiger charge is -2.26. The molecule has 0 fully saturated rings. The van der Waals surface area contributed by atoms with Crippen LogP contribution in [0.1, 0.15) is 44.7 Å². The van der Waals surface area contributed by atoms with Gasteiger partial charge in [-0.15, -0.1) is 0 Å². The number of Topliss-reactive ketones (excluding diaryl/α,β-unsaturated/α-hetero) is 1. The van der Waals surface area contributed by atoms with E-state index < -0.39 is 20.2 Å². The van der Waals surface area contributed by atoms with E-state index in [1.165, 1.54) is 0 Å². The second-order valence-corrected chi connectivity index (χ2v) is 12.9. The molecule has 11 heteroatoms. The van der Waals surface area contributed by atoms with Gasteiger partial charge < -0.3 is 4.90 Å². The SMILES string of the molecule is CCN(CCCS(=O)(=O)O)c1ccc(C2=CC(=C3C=CC(=[N+](CC)CCCS(=O)(=O)O)C=C3C)C2=O)c(C)c1. The summed E-state index contributed by atoms with van der Waals surface area (Å²) in [6.07, 6.45) is 8.35. The number of hydrogen-bond acceptors (Lipinski definition) is 6. The first-order chi connectivity index (χ1) is 18.2. The molecule has 0 heterocycles. The zero-order valence-corrected chi connectivity index (χ0v) is 24.5. The summed E-state index contributed by atoms with van der Waals surface area (Å²) in [5.74, 6) is -0.598. The largest absolute Gasteiger partial charge is 0.372 e. The minimum Gasteiger partial charge on any atom is -0.372 e. The van der Waals surface area contributed by atoms with Gasteiger partial charge in [-0.05, 0) is 80.7 Å². The highest BCUT2D eigenvalue weighted by Gasteiger charge is 2.30. The molecule has 0 amide bonds. The minimum atomic E-state index is -3.99. The zero-order chi connectivity index (χ0) is 29.0. The van der Waals surface area contributed by atoms with Crippen molar-refractivity contribution in [1.29, 1.82) is 0 Å². The number of hydrogen-bond donors (Lipinski definition) is 2. The number of nitrogens with zero attached hydrogens (tertiary/aromatic N) is 2. The van der Waals surface area contributed by atoms with Crippen LogP contribution in [0.3, 0.4) is 0 Å². The standard InChI is InChI=1S/C28H36N2O7S2/c1-5-29(13-7-15-38(32,33)34)22-9-11-24(20(3)17-22)26-19-27(28(26)31)25-12-10-23(18-21(25)4)30(6-2)14-8-16-39(35,36)37/h9-12,17-19H,5-8,13-16H2,1-4H3,(H-,32,33,34,35,36,37)/p+1. The summed E-state index contributed by atoms with van der Waals surface area (Å²) in [5.41, 5.74) is 6.73. The van der Waals surface area contributed by atoms with Crippen molar-refractivity contribution >= 4 is 43.0 Å². The number of allylic oxidation sites excluding steroid dienone is 8. The minimum absolute atomic E-state index is 0.0253. The molecule has 1 aromatic rings. The van der Waals surface area contributed by atoms with Crippen LogP contribution in [0.15, 0.2) is 59.2 Å². The molecule has 0 unspecified atom stereocenters. The fourth-order valence-electron chi connectivity index (χ4n) is 4.85. The van der Waals surface area contributed by atoms with E-state index in [-0.39, 0.29) is 17.3 Å². The van der Waals surface area contributed by atoms with E-state index >= 15 is 0 Å². The highest BCUT2D eigenvalue weighted by atomic mass is 32.2. The van der Waals surface area contributed by atoms with Crippen molar-refractivity contribution in [2.45, 2.75) is 40.5 Å². The van der Waals surface area contributed by atoms with E-state index in [4.69, 9.17) is 9.11 Å². The maximum atomic E-state index is 13.2. The molecule has 0 aromatic heterocycles. The average Bonchev–Trinajstić information content (AvgIpc) is 2.84. The Morgan fingerprint density at radius 2 is 1.56 bits per heavy atom. The van der Waals surface area contributed by atoms with Gasteiger partial charge in [0, 0.05) is 48.5 Å². The Kier molecular flexibility index (Phi) is 9.87. The van der Waals surface area contributed by atoms with Gasteiger partial charge in [0.25, 0.3) is 20.2 Å². The fourth-order valence-corrected chi connectivity index (χ4v) is 5.84. The molecule has 1 aromatic carbocycles. The molecule has 9 nitrogen and oxygen atoms in total. The van der Waals surface area contributed by atoms with Crippen LogP contribution in [0.5, 0.6) is 0 Å². The van der Waals surface area contributed by atoms with Crippen LogP contribution in [-0.4, -0.2) is 79.7 Å². The number of anilines is 1. The Balaban J connectivity index is 1.78. The second kappa shape index (κ2) is 12.5. The smallest absolute Gasteiger partial charge is 0.265 e. The molecule has 212 valence electrons. The molecular weight excluding hydrogens is 540 g/mol. The number of benzene rings is 1. The predicted octanol–water partition coefficient (Wildman–Crippen LogP) is 3.63. The molecule has 3 rings (SSSR count). The molecule has 2 aliphatic carbocycles. The summed E-state index contributed by atoms with van der Waals surface area (Å²) >= 11 is 0. The molecule has 0 saturated heterocycles. The van der Waals surface area contributed by atoms with Gasteiger partial charge in [-0.3, -0.25) is 13.9 Å². The van der Waals surface area contributed by atoms with Gasteiger partial charge in [-0.2, -0.15) is 16.8 Å². The Bertz CT molecular complexity index is 1510. The van der Waals surface area contributed by atoms with Crippen LogP contribution < -0.4 is 4.90 Å². The average molecular weight is 578 g/mol. The van der Waals surface area contributed by atoms with Crippen LogP contribution in [0.2, 0.25) is 0 Å². The van der Waals surface area contributed by atoms with E-state index in [0.717, 1.165) is 33.7 Å². The maximum Gasteiger partial charge on any atom is 0.265 e. The number of rotatable bonds is 12. The third-order valence-electron chi connectivity index (χ3n) is 6.93. The normalized spacial score (nSPS) is 19.0. The maximum absolute atomic E-state index is 13.2. The fraction of sp³-hybridized carbons (Fsp3) is 0.429. The van der Waals surface area contributed by atoms with E-state index in [1.54, 1.807) is 0 Å². The van der Waals surface area contributed by atoms with Crippen LogP contribution in [-0.2, 0) is 25.0 Å². The summed E-state index contributed by atoms with van der Waals surface area (Å²) in [6.45, 7) is 10.2. The molecule has 0 aliphatic heterocycles. The summed E-state index contributed by atoms with van der Waals surface area (Å²) in [4.78, 5) is 15.2. The molecule has 0 saturated carbocycles. The highest BCUT2D eigenvalue weighted by molar-refractivity contribution is 7.86. The van der Waals surface area contributed by atoms with Crippen LogP contribution >= 0.6 is 0 Å². The van der Waals surface area contributed by atoms with Gasteiger partial charge in [0.2, 0.25) is 0 Å². The lowest BCUT2D eigenvalue weighted by atomic mass is 9.79. The van der Waals surface area contributed by atoms with Gasteiger partial charge in [0.05, 0.1) is 11.5 Å². The van der Waals surface area contributed by atoms with Gasteiger partial charge in [0.15, 0.2) is 11.5 Å². The summed E-state index contributed by atoms with van der Waals surface area (Å²) in [6, 6.07) is 5.82. The molecular formula is C28H37N2O7S2+. The zero-order valence-electron chi connectivity index (χ0n) is 22.8. The number of ketones is 1. The molecule has 0 spiro atoms. The van der Waals surface area contributed by atoms with Gasteiger partial charge in [-0.25, -0.2) is 4.58 Å². The Labute approximate surface area is 231 Å². The van der Waals surface area contributed by atoms with Crippen LogP contribution in [0, 0.1) is 6.92 Å². The Morgan fingerprint density at radius 3 is 2.10 bits per heavy atom. The van der Waals surface area contributed by atoms with Crippen molar-refractivity contribution < 1.29 is 35.3 Å². The lowest BCUT2D eigenvalue weighted by Crippen LogP contribution is -2.26. The predicted molar refractivity (Wildman–Crippen MR) is 155 cm³/mol. The van der Waals surface area contributed by atoms with Crippen molar-refractivity contribution in [2.75, 3.05) is 42.6 Å². The molecule has 0 bridgehead atoms. The Hall–Kier alpha value is -2.86. The molecule has 39 heavy (non-hydrogen) atoms. The molecule has 0 radical (unpaired) electrons. The van der Waals surface area contributed by atoms with E-state index in [1.807, 2.05) is 79.7 Å². The highest BCUT2D eigenvalue weighted by Crippen LogP contribution is 2.37. The third-order valence-corrected chi connectivity index (χ3v) is 8.54. The molecule has 2 N–H and O–H groups in total. The van der Waals surface area contributed by atoms with Crippen molar-refractivity contribution in [3.63, 3.8) is 0 Å². The van der Waals surface area contributed by atoms with Gasteiger partial charge >= 0.3 is 0 Å². The summed E-state index contributed by atoms with van der Waals surface area (Å²) < 4.78 is 64.1. The van der Waals surface area contributed by atoms with Crippen LogP contribution in [0.4, 0.5) is 5.69 Å². The first-order valence-electron chi connectivity index (χ1n) is 13.0. The van der Waals surface area contributed by atoms with E-state index in [2.05, 4.69) is 0 Å². The molecule has 0 atom stereocenters. The third kappa shape index (κ3) is 8.07. The van der Waals surface area contributed by atoms with Crippen molar-refractivity contribution in [3.8, 4) is 0 Å². The number of carbonyl (C=O) groups is 1. The van der Waals surface area contributed by atoms with Crippen molar-refractivity contribution in [3.05, 3.63) is 70.3 Å². The second-order valence-electron chi connectivity index (χ2n) is 9.74. The van der Waals surface area contributed by atoms with E-state index in [0.29, 0.717) is 50.2 Å². The van der Waals surface area contributed by atoms with E-state index in [9.17, 15) is 21.6 Å². The number of carbonyl (C=O) groups excluding carboxylic acids is 1. The lowest BCUT2D eigenvalue weighted by molar-refractivity contribution is -0.522. The van der Waals surface area contributed by atoms with Crippen molar-refractivity contribution in [2.24, 2.45) is 0 Å². The van der Waals surface area contributed by atoms with Crippen LogP contribution in [0.25, 0.3) is 5.57 Å². The van der Waals surface area contributed by atoms with Crippen molar-refractivity contribution in [1.82, 2.24) is 0 Å². The van der Waals surface area contributed by atoms with Gasteiger partial charge in [0.1, 0.15) is 13.1 Å². The molecule has 2 aliphatic rings. The summed E-state index contributed by atoms with van der Waals surface area (Å²) in [7, 11) is -7.98. The number of aryl methyl sites for hydroxylation is 1. The first-order valence-corrected chi connectivity index (χ1v) is 16.2. The topological polar surface area (TPSA) is 132 Å². The monoisotopic (exact) mass is 577 g/mol. The van der Waals surface area contributed by atoms with Gasteiger partial charge in [-0.1, -0.05) is 6.07 Å². The quantitative estimate of drug-likeness (QED) is 0.219. The first kappa shape index (κ1) is 30.7. The Morgan fingerprint density at radius 1 is 0.897 bits per heavy atom.